The van der Waals surface area contributed by atoms with Crippen LogP contribution in [-0.4, -0.2) is 9.38 Å². The highest BCUT2D eigenvalue weighted by Gasteiger charge is 2.01. The number of nitrogens with zero attached hydrogens (tertiary/aromatic N) is 2. The minimum atomic E-state index is 1.04. The minimum absolute atomic E-state index is 1.04. The first-order valence-electron chi connectivity index (χ1n) is 4.68. The van der Waals surface area contributed by atoms with E-state index >= 15 is 0 Å². The summed E-state index contributed by atoms with van der Waals surface area (Å²) >= 11 is 0. The van der Waals surface area contributed by atoms with Crippen LogP contribution in [0.1, 0.15) is 5.69 Å². The van der Waals surface area contributed by atoms with Crippen LogP contribution in [0.15, 0.2) is 42.7 Å². The lowest BCUT2D eigenvalue weighted by molar-refractivity contribution is 1.20. The first kappa shape index (κ1) is 7.56. The zero-order valence-corrected chi connectivity index (χ0v) is 7.94. The normalized spacial score (nSPS) is 11.2. The van der Waals surface area contributed by atoms with Crippen LogP contribution < -0.4 is 0 Å². The van der Waals surface area contributed by atoms with Gasteiger partial charge in [0.1, 0.15) is 5.65 Å². The van der Waals surface area contributed by atoms with Crippen LogP contribution in [0.3, 0.4) is 0 Å². The summed E-state index contributed by atoms with van der Waals surface area (Å²) in [6, 6.07) is 10.4. The second kappa shape index (κ2) is 2.58. The molecule has 0 aliphatic heterocycles. The summed E-state index contributed by atoms with van der Waals surface area (Å²) in [6.07, 6.45) is 4.10. The van der Waals surface area contributed by atoms with Gasteiger partial charge < -0.3 is 4.40 Å². The fourth-order valence-electron chi connectivity index (χ4n) is 1.84. The highest BCUT2D eigenvalue weighted by Crippen LogP contribution is 2.18. The Morgan fingerprint density at radius 1 is 1.14 bits per heavy atom. The number of fused-ring (bicyclic) bond motifs is 3. The van der Waals surface area contributed by atoms with Gasteiger partial charge in [0.25, 0.3) is 0 Å². The Bertz CT molecular complexity index is 608. The van der Waals surface area contributed by atoms with E-state index in [-0.39, 0.29) is 0 Å². The minimum Gasteiger partial charge on any atom is -0.306 e. The quantitative estimate of drug-likeness (QED) is 0.522. The summed E-state index contributed by atoms with van der Waals surface area (Å²) in [7, 11) is 0. The predicted octanol–water partition coefficient (Wildman–Crippen LogP) is 2.80. The molecule has 0 saturated carbocycles. The number of pyridine rings is 1. The fraction of sp³-hybridized carbons (Fsp3) is 0.0833. The number of aryl methyl sites for hydroxylation is 1. The van der Waals surface area contributed by atoms with Crippen molar-refractivity contribution in [1.29, 1.82) is 0 Å². The molecular formula is C12H10N2. The van der Waals surface area contributed by atoms with Crippen LogP contribution >= 0.6 is 0 Å². The molecule has 3 rings (SSSR count). The van der Waals surface area contributed by atoms with E-state index in [0.717, 1.165) is 11.3 Å². The average Bonchev–Trinajstić information content (AvgIpc) is 2.59. The Balaban J connectivity index is 2.60. The molecule has 2 heteroatoms. The van der Waals surface area contributed by atoms with Gasteiger partial charge in [0.2, 0.25) is 0 Å². The Morgan fingerprint density at radius 3 is 2.93 bits per heavy atom. The number of rotatable bonds is 0. The lowest BCUT2D eigenvalue weighted by Crippen LogP contribution is -1.83. The highest BCUT2D eigenvalue weighted by atomic mass is 15.0. The van der Waals surface area contributed by atoms with E-state index in [4.69, 9.17) is 0 Å². The van der Waals surface area contributed by atoms with Crippen LogP contribution in [-0.2, 0) is 0 Å². The van der Waals surface area contributed by atoms with E-state index in [2.05, 4.69) is 39.8 Å². The Hall–Kier alpha value is -1.83. The van der Waals surface area contributed by atoms with Crippen molar-refractivity contribution in [3.63, 3.8) is 0 Å². The van der Waals surface area contributed by atoms with E-state index in [1.807, 2.05) is 19.2 Å². The van der Waals surface area contributed by atoms with E-state index in [9.17, 15) is 0 Å². The standard InChI is InChI=1S/C12H10N2/c1-9-8-14-7-6-10-4-2-3-5-11(10)12(14)13-9/h2-8H,1H3. The van der Waals surface area contributed by atoms with Gasteiger partial charge in [-0.3, -0.25) is 0 Å². The van der Waals surface area contributed by atoms with Gasteiger partial charge in [-0.05, 0) is 18.4 Å². The zero-order chi connectivity index (χ0) is 9.54. The third kappa shape index (κ3) is 0.940. The number of hydrogen-bond acceptors (Lipinski definition) is 1. The summed E-state index contributed by atoms with van der Waals surface area (Å²) in [6.45, 7) is 2.02. The second-order valence-electron chi connectivity index (χ2n) is 3.52. The van der Waals surface area contributed by atoms with Crippen molar-refractivity contribution in [2.24, 2.45) is 0 Å². The number of hydrogen-bond donors (Lipinski definition) is 0. The molecule has 0 spiro atoms. The zero-order valence-electron chi connectivity index (χ0n) is 7.94. The molecule has 0 radical (unpaired) electrons. The van der Waals surface area contributed by atoms with Crippen molar-refractivity contribution in [1.82, 2.24) is 9.38 Å². The molecule has 0 saturated heterocycles. The maximum Gasteiger partial charge on any atom is 0.144 e. The number of imidazole rings is 1. The summed E-state index contributed by atoms with van der Waals surface area (Å²) in [5, 5.41) is 2.45. The van der Waals surface area contributed by atoms with Crippen molar-refractivity contribution in [2.75, 3.05) is 0 Å². The Kier molecular flexibility index (Phi) is 1.39. The highest BCUT2D eigenvalue weighted by molar-refractivity contribution is 5.93. The summed E-state index contributed by atoms with van der Waals surface area (Å²) in [5.41, 5.74) is 2.10. The van der Waals surface area contributed by atoms with Gasteiger partial charge in [-0.15, -0.1) is 0 Å². The maximum atomic E-state index is 4.50. The van der Waals surface area contributed by atoms with E-state index in [1.54, 1.807) is 0 Å². The van der Waals surface area contributed by atoms with Crippen LogP contribution in [0.2, 0.25) is 0 Å². The molecule has 0 aliphatic rings. The molecular weight excluding hydrogens is 172 g/mol. The molecule has 0 bridgehead atoms. The van der Waals surface area contributed by atoms with Crippen LogP contribution in [0.4, 0.5) is 0 Å². The molecule has 1 aromatic carbocycles. The molecule has 14 heavy (non-hydrogen) atoms. The first-order valence-corrected chi connectivity index (χ1v) is 4.68. The molecule has 0 fully saturated rings. The molecule has 0 amide bonds. The number of aromatic nitrogens is 2. The molecule has 3 aromatic rings. The van der Waals surface area contributed by atoms with Crippen molar-refractivity contribution in [2.45, 2.75) is 6.92 Å². The van der Waals surface area contributed by atoms with E-state index < -0.39 is 0 Å². The number of benzene rings is 1. The van der Waals surface area contributed by atoms with Crippen molar-refractivity contribution < 1.29 is 0 Å². The second-order valence-corrected chi connectivity index (χ2v) is 3.52. The van der Waals surface area contributed by atoms with Gasteiger partial charge in [-0.2, -0.15) is 0 Å². The van der Waals surface area contributed by atoms with Gasteiger partial charge in [0.05, 0.1) is 5.69 Å². The molecule has 0 aliphatic carbocycles. The largest absolute Gasteiger partial charge is 0.306 e. The van der Waals surface area contributed by atoms with Crippen LogP contribution in [0, 0.1) is 6.92 Å². The van der Waals surface area contributed by atoms with Gasteiger partial charge in [0, 0.05) is 17.8 Å². The molecule has 2 nitrogen and oxygen atoms in total. The maximum absolute atomic E-state index is 4.50. The smallest absolute Gasteiger partial charge is 0.144 e. The summed E-state index contributed by atoms with van der Waals surface area (Å²) in [4.78, 5) is 4.50. The summed E-state index contributed by atoms with van der Waals surface area (Å²) in [5.74, 6) is 0. The third-order valence-corrected chi connectivity index (χ3v) is 2.47. The average molecular weight is 182 g/mol. The molecule has 0 N–H and O–H groups in total. The van der Waals surface area contributed by atoms with Crippen molar-refractivity contribution >= 4 is 16.4 Å². The van der Waals surface area contributed by atoms with Gasteiger partial charge >= 0.3 is 0 Å². The molecule has 0 unspecified atom stereocenters. The summed E-state index contributed by atoms with van der Waals surface area (Å²) < 4.78 is 2.07. The van der Waals surface area contributed by atoms with E-state index in [1.165, 1.54) is 10.8 Å². The topological polar surface area (TPSA) is 17.3 Å². The fourth-order valence-corrected chi connectivity index (χ4v) is 1.84. The molecule has 68 valence electrons. The first-order chi connectivity index (χ1) is 6.84. The van der Waals surface area contributed by atoms with Gasteiger partial charge in [-0.25, -0.2) is 4.98 Å². The van der Waals surface area contributed by atoms with Gasteiger partial charge in [0.15, 0.2) is 0 Å². The monoisotopic (exact) mass is 182 g/mol. The van der Waals surface area contributed by atoms with Gasteiger partial charge in [-0.1, -0.05) is 24.3 Å². The van der Waals surface area contributed by atoms with Crippen LogP contribution in [0.5, 0.6) is 0 Å². The Labute approximate surface area is 81.8 Å². The predicted molar refractivity (Wildman–Crippen MR) is 57.4 cm³/mol. The SMILES string of the molecule is Cc1cn2ccc3ccccc3c2n1. The molecule has 2 aromatic heterocycles. The molecule has 2 heterocycles. The van der Waals surface area contributed by atoms with Crippen molar-refractivity contribution in [3.8, 4) is 0 Å². The molecule has 0 atom stereocenters. The van der Waals surface area contributed by atoms with Crippen molar-refractivity contribution in [3.05, 3.63) is 48.4 Å². The lowest BCUT2D eigenvalue weighted by Gasteiger charge is -1.98. The Morgan fingerprint density at radius 2 is 2.00 bits per heavy atom. The lowest BCUT2D eigenvalue weighted by atomic mass is 10.2. The van der Waals surface area contributed by atoms with Crippen LogP contribution in [0.25, 0.3) is 16.4 Å². The third-order valence-electron chi connectivity index (χ3n) is 2.47. The van der Waals surface area contributed by atoms with E-state index in [0.29, 0.717) is 0 Å².